The van der Waals surface area contributed by atoms with Crippen molar-refractivity contribution >= 4 is 32.9 Å². The minimum Gasteiger partial charge on any atom is -0.481 e. The largest absolute Gasteiger partial charge is 0.481 e. The predicted octanol–water partition coefficient (Wildman–Crippen LogP) is 5.09. The van der Waals surface area contributed by atoms with Gasteiger partial charge < -0.3 is 5.11 Å². The Bertz CT molecular complexity index is 1200. The maximum absolute atomic E-state index is 11.0. The zero-order chi connectivity index (χ0) is 19.8. The molecule has 2 heterocycles. The highest BCUT2D eigenvalue weighted by atomic mass is 79.9. The number of hydrogen-bond donors (Lipinski definition) is 1. The van der Waals surface area contributed by atoms with Crippen LogP contribution in [0.5, 0.6) is 0 Å². The molecule has 0 saturated carbocycles. The van der Waals surface area contributed by atoms with Crippen molar-refractivity contribution in [3.05, 3.63) is 76.0 Å². The number of halogens is 1. The first-order valence-electron chi connectivity index (χ1n) is 8.87. The van der Waals surface area contributed by atoms with Crippen molar-refractivity contribution in [2.45, 2.75) is 20.3 Å². The number of hydrogen-bond acceptors (Lipinski definition) is 3. The molecule has 5 nitrogen and oxygen atoms in total. The van der Waals surface area contributed by atoms with Crippen LogP contribution in [0.4, 0.5) is 0 Å². The zero-order valence-corrected chi connectivity index (χ0v) is 17.1. The van der Waals surface area contributed by atoms with Gasteiger partial charge in [0.15, 0.2) is 5.82 Å². The number of carbonyl (C=O) groups is 1. The normalized spacial score (nSPS) is 11.1. The van der Waals surface area contributed by atoms with Crippen LogP contribution in [-0.4, -0.2) is 25.6 Å². The Labute approximate surface area is 170 Å². The lowest BCUT2D eigenvalue weighted by Crippen LogP contribution is -2.03. The lowest BCUT2D eigenvalue weighted by atomic mass is 10.1. The third-order valence-corrected chi connectivity index (χ3v) is 5.31. The van der Waals surface area contributed by atoms with Gasteiger partial charge in [0.25, 0.3) is 0 Å². The van der Waals surface area contributed by atoms with Crippen molar-refractivity contribution in [2.75, 3.05) is 0 Å². The Morgan fingerprint density at radius 3 is 2.50 bits per heavy atom. The van der Waals surface area contributed by atoms with Crippen LogP contribution < -0.4 is 0 Å². The average molecular weight is 436 g/mol. The molecule has 0 fully saturated rings. The average Bonchev–Trinajstić information content (AvgIpc) is 2.99. The topological polar surface area (TPSA) is 68.0 Å². The van der Waals surface area contributed by atoms with E-state index in [-0.39, 0.29) is 6.42 Å². The maximum Gasteiger partial charge on any atom is 0.307 e. The van der Waals surface area contributed by atoms with Gasteiger partial charge in [-0.05, 0) is 53.5 Å². The van der Waals surface area contributed by atoms with Crippen LogP contribution in [0, 0.1) is 13.8 Å². The standard InChI is InChI=1S/C22H18BrN3O2/c1-13-10-17-14(2)24-21(16-6-4-3-5-7-16)25-22(17)26(13)19-9-8-15(11-18(19)23)12-20(27)28/h3-11H,12H2,1-2H3,(H,27,28). The summed E-state index contributed by atoms with van der Waals surface area (Å²) in [6.07, 6.45) is -0.0102. The van der Waals surface area contributed by atoms with Crippen molar-refractivity contribution < 1.29 is 9.90 Å². The van der Waals surface area contributed by atoms with Gasteiger partial charge in [-0.25, -0.2) is 9.97 Å². The Balaban J connectivity index is 1.91. The first-order chi connectivity index (χ1) is 13.4. The molecular weight excluding hydrogens is 418 g/mol. The van der Waals surface area contributed by atoms with E-state index in [0.717, 1.165) is 43.7 Å². The number of fused-ring (bicyclic) bond motifs is 1. The van der Waals surface area contributed by atoms with E-state index in [1.807, 2.05) is 62.4 Å². The summed E-state index contributed by atoms with van der Waals surface area (Å²) in [5.41, 5.74) is 5.41. The minimum atomic E-state index is -0.849. The Morgan fingerprint density at radius 1 is 1.07 bits per heavy atom. The summed E-state index contributed by atoms with van der Waals surface area (Å²) in [4.78, 5) is 20.5. The molecule has 4 aromatic rings. The van der Waals surface area contributed by atoms with Crippen molar-refractivity contribution in [3.63, 3.8) is 0 Å². The number of carboxylic acid groups (broad SMARTS) is 1. The molecule has 2 aromatic heterocycles. The molecule has 0 spiro atoms. The predicted molar refractivity (Wildman–Crippen MR) is 113 cm³/mol. The van der Waals surface area contributed by atoms with Gasteiger partial charge >= 0.3 is 5.97 Å². The van der Waals surface area contributed by atoms with Crippen LogP contribution in [0.1, 0.15) is 17.0 Å². The molecule has 0 amide bonds. The van der Waals surface area contributed by atoms with Crippen LogP contribution >= 0.6 is 15.9 Å². The number of carboxylic acids is 1. The molecular formula is C22H18BrN3O2. The third-order valence-electron chi connectivity index (χ3n) is 4.67. The number of aliphatic carboxylic acids is 1. The van der Waals surface area contributed by atoms with Crippen LogP contribution in [0.15, 0.2) is 59.1 Å². The fourth-order valence-corrected chi connectivity index (χ4v) is 3.99. The monoisotopic (exact) mass is 435 g/mol. The first-order valence-corrected chi connectivity index (χ1v) is 9.66. The molecule has 1 N–H and O–H groups in total. The van der Waals surface area contributed by atoms with Gasteiger partial charge in [-0.3, -0.25) is 9.36 Å². The molecule has 2 aromatic carbocycles. The summed E-state index contributed by atoms with van der Waals surface area (Å²) in [6.45, 7) is 4.02. The van der Waals surface area contributed by atoms with Crippen LogP contribution in [-0.2, 0) is 11.2 Å². The third kappa shape index (κ3) is 3.31. The first kappa shape index (κ1) is 18.4. The quantitative estimate of drug-likeness (QED) is 0.484. The molecule has 0 aliphatic carbocycles. The maximum atomic E-state index is 11.0. The Morgan fingerprint density at radius 2 is 1.82 bits per heavy atom. The van der Waals surface area contributed by atoms with E-state index >= 15 is 0 Å². The Hall–Kier alpha value is -2.99. The van der Waals surface area contributed by atoms with E-state index < -0.39 is 5.97 Å². The summed E-state index contributed by atoms with van der Waals surface area (Å²) < 4.78 is 2.90. The summed E-state index contributed by atoms with van der Waals surface area (Å²) >= 11 is 3.60. The van der Waals surface area contributed by atoms with E-state index in [1.54, 1.807) is 0 Å². The summed E-state index contributed by atoms with van der Waals surface area (Å²) in [6, 6.07) is 17.6. The van der Waals surface area contributed by atoms with E-state index in [1.165, 1.54) is 0 Å². The summed E-state index contributed by atoms with van der Waals surface area (Å²) in [5.74, 6) is -0.165. The highest BCUT2D eigenvalue weighted by Crippen LogP contribution is 2.31. The van der Waals surface area contributed by atoms with Gasteiger partial charge in [0.05, 0.1) is 17.8 Å². The Kier molecular flexibility index (Phi) is 4.73. The summed E-state index contributed by atoms with van der Waals surface area (Å²) in [7, 11) is 0. The van der Waals surface area contributed by atoms with Crippen molar-refractivity contribution in [3.8, 4) is 17.1 Å². The van der Waals surface area contributed by atoms with Crippen molar-refractivity contribution in [2.24, 2.45) is 0 Å². The second-order valence-electron chi connectivity index (χ2n) is 6.71. The molecule has 0 aliphatic heterocycles. The van der Waals surface area contributed by atoms with Gasteiger partial charge in [0.1, 0.15) is 5.65 Å². The SMILES string of the molecule is Cc1nc(-c2ccccc2)nc2c1cc(C)n2-c1ccc(CC(=O)O)cc1Br. The highest BCUT2D eigenvalue weighted by molar-refractivity contribution is 9.10. The zero-order valence-electron chi connectivity index (χ0n) is 15.5. The lowest BCUT2D eigenvalue weighted by molar-refractivity contribution is -0.136. The van der Waals surface area contributed by atoms with Gasteiger partial charge in [0.2, 0.25) is 0 Å². The molecule has 0 saturated heterocycles. The molecule has 0 aliphatic rings. The van der Waals surface area contributed by atoms with Crippen LogP contribution in [0.2, 0.25) is 0 Å². The second-order valence-corrected chi connectivity index (χ2v) is 7.57. The lowest BCUT2D eigenvalue weighted by Gasteiger charge is -2.12. The van der Waals surface area contributed by atoms with E-state index in [2.05, 4.69) is 31.5 Å². The van der Waals surface area contributed by atoms with Crippen LogP contribution in [0.25, 0.3) is 28.1 Å². The van der Waals surface area contributed by atoms with E-state index in [0.29, 0.717) is 5.82 Å². The van der Waals surface area contributed by atoms with Gasteiger partial charge in [0, 0.05) is 21.1 Å². The molecule has 4 rings (SSSR count). The number of rotatable bonds is 4. The van der Waals surface area contributed by atoms with E-state index in [4.69, 9.17) is 10.1 Å². The fourth-order valence-electron chi connectivity index (χ4n) is 3.38. The van der Waals surface area contributed by atoms with Crippen molar-refractivity contribution in [1.29, 1.82) is 0 Å². The molecule has 0 bridgehead atoms. The van der Waals surface area contributed by atoms with Gasteiger partial charge in [-0.15, -0.1) is 0 Å². The molecule has 28 heavy (non-hydrogen) atoms. The smallest absolute Gasteiger partial charge is 0.307 e. The van der Waals surface area contributed by atoms with Crippen molar-refractivity contribution in [1.82, 2.24) is 14.5 Å². The molecule has 0 unspecified atom stereocenters. The summed E-state index contributed by atoms with van der Waals surface area (Å²) in [5, 5.41) is 10.0. The number of nitrogens with zero attached hydrogens (tertiary/aromatic N) is 3. The number of aromatic nitrogens is 3. The van der Waals surface area contributed by atoms with Gasteiger partial charge in [-0.2, -0.15) is 0 Å². The molecule has 0 radical (unpaired) electrons. The molecule has 6 heteroatoms. The molecule has 0 atom stereocenters. The highest BCUT2D eigenvalue weighted by Gasteiger charge is 2.16. The minimum absolute atomic E-state index is 0.0102. The second kappa shape index (κ2) is 7.20. The number of aryl methyl sites for hydroxylation is 2. The van der Waals surface area contributed by atoms with E-state index in [9.17, 15) is 4.79 Å². The number of benzene rings is 2. The molecule has 140 valence electrons. The van der Waals surface area contributed by atoms with Gasteiger partial charge in [-0.1, -0.05) is 36.4 Å². The fraction of sp³-hybridized carbons (Fsp3) is 0.136. The van der Waals surface area contributed by atoms with Crippen LogP contribution in [0.3, 0.4) is 0 Å².